The molecule has 0 aliphatic rings. The molecule has 8 heteroatoms. The Morgan fingerprint density at radius 3 is 2.62 bits per heavy atom. The van der Waals surface area contributed by atoms with Crippen LogP contribution in [0.2, 0.25) is 10.0 Å². The van der Waals surface area contributed by atoms with E-state index in [1.165, 1.54) is 13.3 Å². The van der Waals surface area contributed by atoms with E-state index in [4.69, 9.17) is 27.9 Å². The molecule has 1 atom stereocenters. The first-order chi connectivity index (χ1) is 11.4. The van der Waals surface area contributed by atoms with Gasteiger partial charge in [0.05, 0.1) is 6.61 Å². The van der Waals surface area contributed by atoms with Gasteiger partial charge in [0.2, 0.25) is 0 Å². The van der Waals surface area contributed by atoms with Crippen LogP contribution in [0.5, 0.6) is 0 Å². The summed E-state index contributed by atoms with van der Waals surface area (Å²) in [5.41, 5.74) is 0.0761. The predicted molar refractivity (Wildman–Crippen MR) is 92.9 cm³/mol. The van der Waals surface area contributed by atoms with Gasteiger partial charge in [0, 0.05) is 35.8 Å². The number of halogens is 2. The Hall–Kier alpha value is -1.89. The van der Waals surface area contributed by atoms with Crippen molar-refractivity contribution in [1.82, 2.24) is 15.3 Å². The topological polar surface area (TPSA) is 84.1 Å². The van der Waals surface area contributed by atoms with E-state index in [-0.39, 0.29) is 18.0 Å². The van der Waals surface area contributed by atoms with Crippen molar-refractivity contribution in [1.29, 1.82) is 0 Å². The maximum absolute atomic E-state index is 12.1. The van der Waals surface area contributed by atoms with E-state index in [0.717, 1.165) is 0 Å². The van der Waals surface area contributed by atoms with Crippen LogP contribution in [0, 0.1) is 0 Å². The van der Waals surface area contributed by atoms with E-state index < -0.39 is 11.5 Å². The molecule has 0 aliphatic carbocycles. The second kappa shape index (κ2) is 8.28. The first kappa shape index (κ1) is 18.4. The number of rotatable bonds is 6. The summed E-state index contributed by atoms with van der Waals surface area (Å²) in [7, 11) is 1.53. The van der Waals surface area contributed by atoms with Crippen molar-refractivity contribution in [3.63, 3.8) is 0 Å². The molecule has 0 bridgehead atoms. The van der Waals surface area contributed by atoms with Gasteiger partial charge in [0.1, 0.15) is 11.4 Å². The van der Waals surface area contributed by atoms with Crippen LogP contribution in [0.3, 0.4) is 0 Å². The number of aromatic nitrogens is 2. The molecule has 2 N–H and O–H groups in total. The number of aromatic amines is 1. The molecule has 24 heavy (non-hydrogen) atoms. The Morgan fingerprint density at radius 2 is 2.04 bits per heavy atom. The van der Waals surface area contributed by atoms with Crippen LogP contribution in [-0.2, 0) is 11.2 Å². The number of methoxy groups -OCH3 is 1. The molecule has 1 heterocycles. The number of benzene rings is 1. The first-order valence-electron chi connectivity index (χ1n) is 7.23. The molecule has 0 unspecified atom stereocenters. The maximum atomic E-state index is 12.1. The van der Waals surface area contributed by atoms with Crippen LogP contribution in [-0.4, -0.2) is 35.6 Å². The van der Waals surface area contributed by atoms with E-state index >= 15 is 0 Å². The van der Waals surface area contributed by atoms with Crippen molar-refractivity contribution >= 4 is 29.1 Å². The number of hydrogen-bond donors (Lipinski definition) is 2. The second-order valence-corrected chi connectivity index (χ2v) is 6.09. The van der Waals surface area contributed by atoms with E-state index in [1.807, 2.05) is 0 Å². The van der Waals surface area contributed by atoms with Gasteiger partial charge in [-0.25, -0.2) is 4.98 Å². The number of carbonyl (C=O) groups is 1. The van der Waals surface area contributed by atoms with Crippen molar-refractivity contribution in [2.24, 2.45) is 0 Å². The van der Waals surface area contributed by atoms with Crippen molar-refractivity contribution in [3.8, 4) is 0 Å². The summed E-state index contributed by atoms with van der Waals surface area (Å²) in [6.45, 7) is 2.12. The molecule has 0 fully saturated rings. The largest absolute Gasteiger partial charge is 0.383 e. The lowest BCUT2D eigenvalue weighted by atomic mass is 10.1. The summed E-state index contributed by atoms with van der Waals surface area (Å²) in [6, 6.07) is 4.93. The SMILES string of the molecule is COC[C@H](C)NC(=O)c1cnc(Cc2c(Cl)cccc2Cl)[nH]c1=O. The number of nitrogens with one attached hydrogen (secondary N) is 2. The van der Waals surface area contributed by atoms with E-state index in [0.29, 0.717) is 28.0 Å². The number of carbonyl (C=O) groups excluding carboxylic acids is 1. The fourth-order valence-corrected chi connectivity index (χ4v) is 2.68. The summed E-state index contributed by atoms with van der Waals surface area (Å²) in [5, 5.41) is 3.63. The average molecular weight is 370 g/mol. The minimum absolute atomic E-state index is 0.0630. The Labute approximate surface area is 149 Å². The Kier molecular flexibility index (Phi) is 6.36. The predicted octanol–water partition coefficient (Wildman–Crippen LogP) is 2.43. The van der Waals surface area contributed by atoms with Crippen molar-refractivity contribution in [2.75, 3.05) is 13.7 Å². The van der Waals surface area contributed by atoms with Crippen molar-refractivity contribution < 1.29 is 9.53 Å². The van der Waals surface area contributed by atoms with Gasteiger partial charge in [-0.05, 0) is 24.6 Å². The average Bonchev–Trinajstić information content (AvgIpc) is 2.51. The summed E-state index contributed by atoms with van der Waals surface area (Å²) in [5.74, 6) is -0.132. The third kappa shape index (κ3) is 4.56. The van der Waals surface area contributed by atoms with Crippen molar-refractivity contribution in [2.45, 2.75) is 19.4 Å². The first-order valence-corrected chi connectivity index (χ1v) is 7.98. The number of H-pyrrole nitrogens is 1. The molecule has 0 radical (unpaired) electrons. The number of hydrogen-bond acceptors (Lipinski definition) is 4. The van der Waals surface area contributed by atoms with Gasteiger partial charge in [-0.3, -0.25) is 9.59 Å². The van der Waals surface area contributed by atoms with Gasteiger partial charge in [0.25, 0.3) is 11.5 Å². The van der Waals surface area contributed by atoms with Crippen LogP contribution >= 0.6 is 23.2 Å². The number of amides is 1. The smallest absolute Gasteiger partial charge is 0.263 e. The minimum Gasteiger partial charge on any atom is -0.383 e. The molecule has 0 saturated carbocycles. The van der Waals surface area contributed by atoms with Crippen LogP contribution in [0.15, 0.2) is 29.2 Å². The van der Waals surface area contributed by atoms with Gasteiger partial charge in [-0.1, -0.05) is 29.3 Å². The molecule has 6 nitrogen and oxygen atoms in total. The van der Waals surface area contributed by atoms with Gasteiger partial charge in [0.15, 0.2) is 0 Å². The molecular weight excluding hydrogens is 353 g/mol. The Morgan fingerprint density at radius 1 is 1.38 bits per heavy atom. The zero-order chi connectivity index (χ0) is 17.7. The highest BCUT2D eigenvalue weighted by Crippen LogP contribution is 2.25. The summed E-state index contributed by atoms with van der Waals surface area (Å²) in [4.78, 5) is 30.9. The molecule has 128 valence electrons. The number of nitrogens with zero attached hydrogens (tertiary/aromatic N) is 1. The third-order valence-corrected chi connectivity index (χ3v) is 4.00. The van der Waals surface area contributed by atoms with Gasteiger partial charge >= 0.3 is 0 Å². The lowest BCUT2D eigenvalue weighted by Crippen LogP contribution is -2.38. The Balaban J connectivity index is 2.18. The van der Waals surface area contributed by atoms with Gasteiger partial charge in [-0.2, -0.15) is 0 Å². The Bertz CT molecular complexity index is 772. The third-order valence-electron chi connectivity index (χ3n) is 3.30. The summed E-state index contributed by atoms with van der Waals surface area (Å²) in [6.07, 6.45) is 1.50. The van der Waals surface area contributed by atoms with Crippen LogP contribution in [0.25, 0.3) is 0 Å². The molecular formula is C16H17Cl2N3O3. The molecule has 2 aromatic rings. The van der Waals surface area contributed by atoms with Crippen molar-refractivity contribution in [3.05, 3.63) is 61.7 Å². The number of ether oxygens (including phenoxy) is 1. The molecule has 0 aliphatic heterocycles. The molecule has 0 spiro atoms. The monoisotopic (exact) mass is 369 g/mol. The van der Waals surface area contributed by atoms with Gasteiger partial charge in [-0.15, -0.1) is 0 Å². The quantitative estimate of drug-likeness (QED) is 0.818. The highest BCUT2D eigenvalue weighted by molar-refractivity contribution is 6.36. The molecule has 1 aromatic carbocycles. The minimum atomic E-state index is -0.523. The highest BCUT2D eigenvalue weighted by Gasteiger charge is 2.15. The highest BCUT2D eigenvalue weighted by atomic mass is 35.5. The van der Waals surface area contributed by atoms with Crippen LogP contribution < -0.4 is 10.9 Å². The fourth-order valence-electron chi connectivity index (χ4n) is 2.15. The molecule has 1 amide bonds. The lowest BCUT2D eigenvalue weighted by molar-refractivity contribution is 0.0903. The summed E-state index contributed by atoms with van der Waals surface area (Å²) < 4.78 is 4.94. The fraction of sp³-hybridized carbons (Fsp3) is 0.312. The van der Waals surface area contributed by atoms with E-state index in [9.17, 15) is 9.59 Å². The zero-order valence-corrected chi connectivity index (χ0v) is 14.7. The molecule has 2 rings (SSSR count). The normalized spacial score (nSPS) is 12.0. The van der Waals surface area contributed by atoms with Crippen LogP contribution in [0.4, 0.5) is 0 Å². The zero-order valence-electron chi connectivity index (χ0n) is 13.2. The standard InChI is InChI=1S/C16H17Cl2N3O3/c1-9(8-24-2)20-15(22)11-7-19-14(21-16(11)23)6-10-12(17)4-3-5-13(10)18/h3-5,7,9H,6,8H2,1-2H3,(H,20,22)(H,19,21,23)/t9-/m0/s1. The second-order valence-electron chi connectivity index (χ2n) is 5.28. The van der Waals surface area contributed by atoms with Crippen LogP contribution in [0.1, 0.15) is 28.7 Å². The van der Waals surface area contributed by atoms with E-state index in [1.54, 1.807) is 25.1 Å². The molecule has 1 aromatic heterocycles. The van der Waals surface area contributed by atoms with E-state index in [2.05, 4.69) is 15.3 Å². The lowest BCUT2D eigenvalue weighted by Gasteiger charge is -2.12. The summed E-state index contributed by atoms with van der Waals surface area (Å²) >= 11 is 12.2. The maximum Gasteiger partial charge on any atom is 0.263 e. The van der Waals surface area contributed by atoms with Gasteiger partial charge < -0.3 is 15.0 Å². The molecule has 0 saturated heterocycles.